The van der Waals surface area contributed by atoms with Gasteiger partial charge in [0.25, 0.3) is 11.8 Å². The fourth-order valence-electron chi connectivity index (χ4n) is 3.65. The third-order valence-corrected chi connectivity index (χ3v) is 6.07. The molecule has 4 rings (SSSR count). The molecule has 0 bridgehead atoms. The lowest BCUT2D eigenvalue weighted by molar-refractivity contribution is 0.1000. The second-order valence-corrected chi connectivity index (χ2v) is 7.95. The van der Waals surface area contributed by atoms with Crippen molar-refractivity contribution in [2.24, 2.45) is 11.7 Å². The van der Waals surface area contributed by atoms with Crippen LogP contribution in [0.1, 0.15) is 50.3 Å². The molecule has 0 spiro atoms. The van der Waals surface area contributed by atoms with Crippen LogP contribution in [0.25, 0.3) is 5.65 Å². The molecule has 2 amide bonds. The number of aromatic nitrogens is 2. The van der Waals surface area contributed by atoms with Crippen molar-refractivity contribution < 1.29 is 9.59 Å². The standard InChI is InChI=1S/C19H20N4O2S/c1-10-6-7-12-13(9-10)26-19(15(12)17(20)24)22-18(25)16-11(2)21-14-5-3-4-8-23(14)16/h3-5,8,10H,6-7,9H2,1-2H3,(H2,20,24)(H,22,25). The molecule has 134 valence electrons. The summed E-state index contributed by atoms with van der Waals surface area (Å²) < 4.78 is 1.75. The van der Waals surface area contributed by atoms with Crippen LogP contribution >= 0.6 is 11.3 Å². The summed E-state index contributed by atoms with van der Waals surface area (Å²) in [4.78, 5) is 30.6. The van der Waals surface area contributed by atoms with Gasteiger partial charge in [0.15, 0.2) is 0 Å². The van der Waals surface area contributed by atoms with Gasteiger partial charge in [-0.25, -0.2) is 4.98 Å². The molecule has 0 saturated carbocycles. The van der Waals surface area contributed by atoms with Crippen LogP contribution < -0.4 is 11.1 Å². The molecule has 0 saturated heterocycles. The van der Waals surface area contributed by atoms with Gasteiger partial charge in [0.1, 0.15) is 16.3 Å². The quantitative estimate of drug-likeness (QED) is 0.744. The molecule has 1 aliphatic rings. The number of anilines is 1. The first-order valence-electron chi connectivity index (χ1n) is 8.65. The fourth-order valence-corrected chi connectivity index (χ4v) is 5.06. The van der Waals surface area contributed by atoms with Crippen molar-refractivity contribution in [3.8, 4) is 0 Å². The van der Waals surface area contributed by atoms with E-state index in [1.807, 2.05) is 18.2 Å². The van der Waals surface area contributed by atoms with Crippen LogP contribution in [0.2, 0.25) is 0 Å². The molecular weight excluding hydrogens is 348 g/mol. The van der Waals surface area contributed by atoms with E-state index >= 15 is 0 Å². The Morgan fingerprint density at radius 2 is 2.19 bits per heavy atom. The van der Waals surface area contributed by atoms with E-state index in [-0.39, 0.29) is 5.91 Å². The van der Waals surface area contributed by atoms with E-state index in [9.17, 15) is 9.59 Å². The molecule has 7 heteroatoms. The molecule has 3 aromatic rings. The van der Waals surface area contributed by atoms with E-state index in [0.29, 0.717) is 33.5 Å². The number of primary amides is 1. The summed E-state index contributed by atoms with van der Waals surface area (Å²) in [6.07, 6.45) is 4.59. The van der Waals surface area contributed by atoms with Gasteiger partial charge in [-0.05, 0) is 49.8 Å². The minimum Gasteiger partial charge on any atom is -0.365 e. The number of thiophene rings is 1. The van der Waals surface area contributed by atoms with Gasteiger partial charge in [-0.15, -0.1) is 11.3 Å². The van der Waals surface area contributed by atoms with Gasteiger partial charge >= 0.3 is 0 Å². The van der Waals surface area contributed by atoms with E-state index in [1.165, 1.54) is 11.3 Å². The highest BCUT2D eigenvalue weighted by molar-refractivity contribution is 7.17. The molecule has 1 unspecified atom stereocenters. The maximum absolute atomic E-state index is 12.9. The van der Waals surface area contributed by atoms with E-state index in [0.717, 1.165) is 29.7 Å². The normalized spacial score (nSPS) is 16.5. The Kier molecular flexibility index (Phi) is 4.03. The van der Waals surface area contributed by atoms with Crippen LogP contribution in [0.15, 0.2) is 24.4 Å². The Hall–Kier alpha value is -2.67. The van der Waals surface area contributed by atoms with Crippen LogP contribution in [0, 0.1) is 12.8 Å². The molecule has 0 aliphatic heterocycles. The van der Waals surface area contributed by atoms with Gasteiger partial charge in [-0.1, -0.05) is 13.0 Å². The number of nitrogens with two attached hydrogens (primary N) is 1. The number of carbonyl (C=O) groups excluding carboxylic acids is 2. The molecule has 3 N–H and O–H groups in total. The Morgan fingerprint density at radius 3 is 2.96 bits per heavy atom. The van der Waals surface area contributed by atoms with Crippen molar-refractivity contribution in [1.82, 2.24) is 9.38 Å². The van der Waals surface area contributed by atoms with Crippen LogP contribution in [-0.2, 0) is 12.8 Å². The first-order valence-corrected chi connectivity index (χ1v) is 9.46. The van der Waals surface area contributed by atoms with Crippen molar-refractivity contribution in [2.45, 2.75) is 33.1 Å². The highest BCUT2D eigenvalue weighted by atomic mass is 32.1. The average Bonchev–Trinajstić information content (AvgIpc) is 3.10. The predicted octanol–water partition coefficient (Wildman–Crippen LogP) is 3.18. The summed E-state index contributed by atoms with van der Waals surface area (Å²) in [5.41, 5.74) is 8.93. The molecular formula is C19H20N4O2S. The third kappa shape index (κ3) is 2.68. The summed E-state index contributed by atoms with van der Waals surface area (Å²) in [5.74, 6) is -0.191. The van der Waals surface area contributed by atoms with Crippen LogP contribution in [0.3, 0.4) is 0 Å². The van der Waals surface area contributed by atoms with E-state index in [4.69, 9.17) is 5.73 Å². The number of nitrogens with zero attached hydrogens (tertiary/aromatic N) is 2. The summed E-state index contributed by atoms with van der Waals surface area (Å²) >= 11 is 1.47. The Labute approximate surface area is 155 Å². The number of fused-ring (bicyclic) bond motifs is 2. The summed E-state index contributed by atoms with van der Waals surface area (Å²) in [6, 6.07) is 5.58. The van der Waals surface area contributed by atoms with Crippen LogP contribution in [-0.4, -0.2) is 21.2 Å². The van der Waals surface area contributed by atoms with Gasteiger partial charge in [0.05, 0.1) is 11.3 Å². The fraction of sp³-hybridized carbons (Fsp3) is 0.316. The van der Waals surface area contributed by atoms with E-state index in [1.54, 1.807) is 17.5 Å². The molecule has 3 aromatic heterocycles. The monoisotopic (exact) mass is 368 g/mol. The third-order valence-electron chi connectivity index (χ3n) is 4.90. The number of rotatable bonds is 3. The van der Waals surface area contributed by atoms with Crippen molar-refractivity contribution in [2.75, 3.05) is 5.32 Å². The maximum atomic E-state index is 12.9. The number of pyridine rings is 1. The topological polar surface area (TPSA) is 89.5 Å². The second kappa shape index (κ2) is 6.25. The van der Waals surface area contributed by atoms with Crippen molar-refractivity contribution in [3.63, 3.8) is 0 Å². The number of aryl methyl sites for hydroxylation is 1. The average molecular weight is 368 g/mol. The zero-order chi connectivity index (χ0) is 18.4. The number of imidazole rings is 1. The Bertz CT molecular complexity index is 1030. The predicted molar refractivity (Wildman–Crippen MR) is 102 cm³/mol. The minimum absolute atomic E-state index is 0.282. The molecule has 0 radical (unpaired) electrons. The lowest BCUT2D eigenvalue weighted by Crippen LogP contribution is -2.20. The van der Waals surface area contributed by atoms with Crippen molar-refractivity contribution in [3.05, 3.63) is 51.8 Å². The van der Waals surface area contributed by atoms with Gasteiger partial charge in [0.2, 0.25) is 0 Å². The summed E-state index contributed by atoms with van der Waals surface area (Å²) in [7, 11) is 0. The van der Waals surface area contributed by atoms with E-state index < -0.39 is 5.91 Å². The zero-order valence-corrected chi connectivity index (χ0v) is 15.5. The molecule has 6 nitrogen and oxygen atoms in total. The highest BCUT2D eigenvalue weighted by Crippen LogP contribution is 2.39. The number of hydrogen-bond donors (Lipinski definition) is 2. The first kappa shape index (κ1) is 16.8. The lowest BCUT2D eigenvalue weighted by atomic mass is 9.88. The van der Waals surface area contributed by atoms with Gasteiger partial charge in [-0.3, -0.25) is 14.0 Å². The molecule has 26 heavy (non-hydrogen) atoms. The number of amides is 2. The lowest BCUT2D eigenvalue weighted by Gasteiger charge is -2.18. The number of carbonyl (C=O) groups is 2. The highest BCUT2D eigenvalue weighted by Gasteiger charge is 2.28. The molecule has 0 aromatic carbocycles. The van der Waals surface area contributed by atoms with Gasteiger partial charge < -0.3 is 11.1 Å². The number of nitrogens with one attached hydrogen (secondary N) is 1. The molecule has 0 fully saturated rings. The SMILES string of the molecule is Cc1nc2ccccn2c1C(=O)Nc1sc2c(c1C(N)=O)CCC(C)C2. The summed E-state index contributed by atoms with van der Waals surface area (Å²) in [5, 5.41) is 3.47. The molecule has 3 heterocycles. The van der Waals surface area contributed by atoms with Crippen LogP contribution in [0.5, 0.6) is 0 Å². The Morgan fingerprint density at radius 1 is 1.38 bits per heavy atom. The van der Waals surface area contributed by atoms with Gasteiger partial charge in [0, 0.05) is 11.1 Å². The second-order valence-electron chi connectivity index (χ2n) is 6.85. The van der Waals surface area contributed by atoms with Crippen LogP contribution in [0.4, 0.5) is 5.00 Å². The van der Waals surface area contributed by atoms with E-state index in [2.05, 4.69) is 17.2 Å². The first-order chi connectivity index (χ1) is 12.5. The van der Waals surface area contributed by atoms with Crippen molar-refractivity contribution >= 4 is 33.8 Å². The molecule has 1 aliphatic carbocycles. The Balaban J connectivity index is 1.74. The minimum atomic E-state index is -0.484. The number of hydrogen-bond acceptors (Lipinski definition) is 4. The largest absolute Gasteiger partial charge is 0.365 e. The maximum Gasteiger partial charge on any atom is 0.275 e. The summed E-state index contributed by atoms with van der Waals surface area (Å²) in [6.45, 7) is 4.00. The van der Waals surface area contributed by atoms with Gasteiger partial charge in [-0.2, -0.15) is 0 Å². The smallest absolute Gasteiger partial charge is 0.275 e. The molecule has 1 atom stereocenters. The zero-order valence-electron chi connectivity index (χ0n) is 14.7. The van der Waals surface area contributed by atoms with Crippen molar-refractivity contribution in [1.29, 1.82) is 0 Å².